The number of carboxylic acid groups (broad SMARTS) is 1. The minimum Gasteiger partial charge on any atom is -0.479 e. The highest BCUT2D eigenvalue weighted by Crippen LogP contribution is 2.31. The summed E-state index contributed by atoms with van der Waals surface area (Å²) in [5.74, 6) is -0.890. The van der Waals surface area contributed by atoms with Crippen molar-refractivity contribution >= 4 is 17.3 Å². The highest BCUT2D eigenvalue weighted by molar-refractivity contribution is 7.10. The molecule has 0 aromatic carbocycles. The second kappa shape index (κ2) is 2.88. The van der Waals surface area contributed by atoms with Crippen molar-refractivity contribution in [3.8, 4) is 0 Å². The molecule has 0 fully saturated rings. The first kappa shape index (κ1) is 7.76. The Morgan fingerprint density at radius 3 is 3.33 bits per heavy atom. The predicted octanol–water partition coefficient (Wildman–Crippen LogP) is 1.45. The van der Waals surface area contributed by atoms with E-state index in [1.807, 2.05) is 11.4 Å². The molecule has 1 N–H and O–H groups in total. The third-order valence-electron chi connectivity index (χ3n) is 1.90. The molecule has 0 aliphatic carbocycles. The lowest BCUT2D eigenvalue weighted by Gasteiger charge is -2.18. The first-order valence-corrected chi connectivity index (χ1v) is 4.57. The average Bonchev–Trinajstić information content (AvgIpc) is 2.49. The molecule has 3 nitrogen and oxygen atoms in total. The predicted molar refractivity (Wildman–Crippen MR) is 44.4 cm³/mol. The zero-order chi connectivity index (χ0) is 8.55. The van der Waals surface area contributed by atoms with Gasteiger partial charge in [0.1, 0.15) is 0 Å². The van der Waals surface area contributed by atoms with E-state index in [4.69, 9.17) is 9.84 Å². The van der Waals surface area contributed by atoms with Gasteiger partial charge < -0.3 is 9.84 Å². The summed E-state index contributed by atoms with van der Waals surface area (Å²) in [5.41, 5.74) is 1.12. The second-order valence-electron chi connectivity index (χ2n) is 2.65. The minimum absolute atomic E-state index is 0.515. The van der Waals surface area contributed by atoms with E-state index in [2.05, 4.69) is 0 Å². The van der Waals surface area contributed by atoms with Gasteiger partial charge in [-0.15, -0.1) is 11.3 Å². The maximum absolute atomic E-state index is 10.7. The Morgan fingerprint density at radius 1 is 1.75 bits per heavy atom. The van der Waals surface area contributed by atoms with Gasteiger partial charge in [0.15, 0.2) is 6.10 Å². The number of rotatable bonds is 1. The van der Waals surface area contributed by atoms with Gasteiger partial charge in [-0.2, -0.15) is 0 Å². The van der Waals surface area contributed by atoms with Crippen molar-refractivity contribution in [1.29, 1.82) is 0 Å². The van der Waals surface area contributed by atoms with Crippen LogP contribution in [-0.2, 0) is 16.0 Å². The second-order valence-corrected chi connectivity index (χ2v) is 3.60. The first-order chi connectivity index (χ1) is 5.79. The fourth-order valence-corrected chi connectivity index (χ4v) is 2.32. The monoisotopic (exact) mass is 184 g/mol. The van der Waals surface area contributed by atoms with Gasteiger partial charge in [-0.1, -0.05) is 0 Å². The number of ether oxygens (including phenoxy) is 1. The molecule has 2 heterocycles. The largest absolute Gasteiger partial charge is 0.479 e. The summed E-state index contributed by atoms with van der Waals surface area (Å²) in [6, 6.07) is 1.97. The van der Waals surface area contributed by atoms with Gasteiger partial charge in [-0.05, 0) is 23.4 Å². The standard InChI is InChI=1S/C8H8O3S/c9-8(10)6-7-5(1-3-11-6)2-4-12-7/h2,4,6H,1,3H2,(H,9,10)/t6-/m1/s1. The maximum atomic E-state index is 10.7. The van der Waals surface area contributed by atoms with Crippen LogP contribution in [0.5, 0.6) is 0 Å². The van der Waals surface area contributed by atoms with Crippen molar-refractivity contribution in [3.63, 3.8) is 0 Å². The van der Waals surface area contributed by atoms with Crippen LogP contribution < -0.4 is 0 Å². The summed E-state index contributed by atoms with van der Waals surface area (Å²) in [5, 5.41) is 10.7. The van der Waals surface area contributed by atoms with Crippen molar-refractivity contribution < 1.29 is 14.6 Å². The molecular formula is C8H8O3S. The molecule has 2 rings (SSSR count). The van der Waals surface area contributed by atoms with Crippen molar-refractivity contribution in [2.75, 3.05) is 6.61 Å². The third kappa shape index (κ3) is 1.13. The smallest absolute Gasteiger partial charge is 0.338 e. The number of hydrogen-bond acceptors (Lipinski definition) is 3. The van der Waals surface area contributed by atoms with Gasteiger partial charge in [-0.3, -0.25) is 0 Å². The summed E-state index contributed by atoms with van der Waals surface area (Å²) in [6.07, 6.45) is 0.108. The van der Waals surface area contributed by atoms with Crippen LogP contribution in [0.25, 0.3) is 0 Å². The van der Waals surface area contributed by atoms with Crippen molar-refractivity contribution in [1.82, 2.24) is 0 Å². The van der Waals surface area contributed by atoms with Gasteiger partial charge in [-0.25, -0.2) is 4.79 Å². The Labute approximate surface area is 73.6 Å². The SMILES string of the molecule is O=C(O)[C@@H]1OCCc2ccsc21. The zero-order valence-corrected chi connectivity index (χ0v) is 7.13. The van der Waals surface area contributed by atoms with E-state index in [1.165, 1.54) is 11.3 Å². The molecule has 0 spiro atoms. The Hall–Kier alpha value is -0.870. The van der Waals surface area contributed by atoms with Gasteiger partial charge in [0, 0.05) is 4.88 Å². The lowest BCUT2D eigenvalue weighted by molar-refractivity contribution is -0.151. The van der Waals surface area contributed by atoms with Crippen LogP contribution in [0.15, 0.2) is 11.4 Å². The van der Waals surface area contributed by atoms with E-state index in [0.717, 1.165) is 16.9 Å². The molecule has 64 valence electrons. The van der Waals surface area contributed by atoms with Crippen LogP contribution in [0.3, 0.4) is 0 Å². The van der Waals surface area contributed by atoms with Gasteiger partial charge >= 0.3 is 5.97 Å². The van der Waals surface area contributed by atoms with E-state index in [-0.39, 0.29) is 0 Å². The minimum atomic E-state index is -0.890. The number of carbonyl (C=O) groups is 1. The molecular weight excluding hydrogens is 176 g/mol. The van der Waals surface area contributed by atoms with Crippen LogP contribution in [0.2, 0.25) is 0 Å². The Morgan fingerprint density at radius 2 is 2.58 bits per heavy atom. The normalized spacial score (nSPS) is 21.8. The summed E-state index contributed by atoms with van der Waals surface area (Å²) in [7, 11) is 0. The van der Waals surface area contributed by atoms with E-state index in [0.29, 0.717) is 6.61 Å². The molecule has 1 aliphatic rings. The average molecular weight is 184 g/mol. The number of fused-ring (bicyclic) bond motifs is 1. The van der Waals surface area contributed by atoms with Crippen LogP contribution >= 0.6 is 11.3 Å². The van der Waals surface area contributed by atoms with Gasteiger partial charge in [0.2, 0.25) is 0 Å². The van der Waals surface area contributed by atoms with E-state index >= 15 is 0 Å². The lowest BCUT2D eigenvalue weighted by Crippen LogP contribution is -2.21. The Kier molecular flexibility index (Phi) is 1.86. The molecule has 1 aliphatic heterocycles. The van der Waals surface area contributed by atoms with Crippen molar-refractivity contribution in [2.45, 2.75) is 12.5 Å². The Bertz CT molecular complexity index is 305. The molecule has 0 radical (unpaired) electrons. The van der Waals surface area contributed by atoms with Gasteiger partial charge in [0.05, 0.1) is 6.61 Å². The quantitative estimate of drug-likeness (QED) is 0.718. The molecule has 1 atom stereocenters. The van der Waals surface area contributed by atoms with E-state index in [9.17, 15) is 4.79 Å². The maximum Gasteiger partial charge on any atom is 0.338 e. The molecule has 0 bridgehead atoms. The van der Waals surface area contributed by atoms with Crippen LogP contribution in [-0.4, -0.2) is 17.7 Å². The highest BCUT2D eigenvalue weighted by Gasteiger charge is 2.27. The molecule has 0 saturated carbocycles. The first-order valence-electron chi connectivity index (χ1n) is 3.69. The van der Waals surface area contributed by atoms with Crippen LogP contribution in [0.1, 0.15) is 16.5 Å². The summed E-state index contributed by atoms with van der Waals surface area (Å²) in [6.45, 7) is 0.515. The van der Waals surface area contributed by atoms with Crippen LogP contribution in [0, 0.1) is 0 Å². The van der Waals surface area contributed by atoms with E-state index < -0.39 is 12.1 Å². The van der Waals surface area contributed by atoms with E-state index in [1.54, 1.807) is 0 Å². The summed E-state index contributed by atoms with van der Waals surface area (Å²) >= 11 is 1.46. The fourth-order valence-electron chi connectivity index (χ4n) is 1.33. The molecule has 1 aromatic rings. The number of aliphatic carboxylic acids is 1. The zero-order valence-electron chi connectivity index (χ0n) is 6.32. The molecule has 0 unspecified atom stereocenters. The molecule has 0 amide bonds. The molecule has 1 aromatic heterocycles. The van der Waals surface area contributed by atoms with Crippen LogP contribution in [0.4, 0.5) is 0 Å². The third-order valence-corrected chi connectivity index (χ3v) is 2.90. The number of hydrogen-bond donors (Lipinski definition) is 1. The Balaban J connectivity index is 2.37. The lowest BCUT2D eigenvalue weighted by atomic mass is 10.1. The number of thiophene rings is 1. The topological polar surface area (TPSA) is 46.5 Å². The summed E-state index contributed by atoms with van der Waals surface area (Å²) in [4.78, 5) is 11.6. The van der Waals surface area contributed by atoms with Crippen molar-refractivity contribution in [2.24, 2.45) is 0 Å². The van der Waals surface area contributed by atoms with Gasteiger partial charge in [0.25, 0.3) is 0 Å². The summed E-state index contributed by atoms with van der Waals surface area (Å²) < 4.78 is 5.14. The highest BCUT2D eigenvalue weighted by atomic mass is 32.1. The molecule has 4 heteroatoms. The fraction of sp³-hybridized carbons (Fsp3) is 0.375. The molecule has 12 heavy (non-hydrogen) atoms. The van der Waals surface area contributed by atoms with Crippen molar-refractivity contribution in [3.05, 3.63) is 21.9 Å². The molecule has 0 saturated heterocycles. The number of carboxylic acids is 1.